The van der Waals surface area contributed by atoms with Crippen LogP contribution in [0.15, 0.2) is 6.07 Å². The van der Waals surface area contributed by atoms with E-state index in [1.165, 1.54) is 0 Å². The molecule has 2 unspecified atom stereocenters. The Morgan fingerprint density at radius 3 is 2.53 bits per heavy atom. The maximum absolute atomic E-state index is 11.0. The lowest BCUT2D eigenvalue weighted by Crippen LogP contribution is -2.03. The molecule has 4 heteroatoms. The number of hydrogen-bond donors (Lipinski definition) is 1. The lowest BCUT2D eigenvalue weighted by molar-refractivity contribution is -0.139. The first-order valence-electron chi connectivity index (χ1n) is 5.09. The average Bonchev–Trinajstić information content (AvgIpc) is 2.52. The van der Waals surface area contributed by atoms with E-state index >= 15 is 0 Å². The van der Waals surface area contributed by atoms with Gasteiger partial charge in [0.2, 0.25) is 0 Å². The second-order valence-electron chi connectivity index (χ2n) is 4.95. The van der Waals surface area contributed by atoms with Crippen LogP contribution in [0.25, 0.3) is 0 Å². The highest BCUT2D eigenvalue weighted by Crippen LogP contribution is 2.64. The SMILES string of the molecule is Cc1cc(C2C(C(=O)O)C2(C)C)nn1C. The van der Waals surface area contributed by atoms with E-state index in [2.05, 4.69) is 5.10 Å². The van der Waals surface area contributed by atoms with Crippen LogP contribution in [0.4, 0.5) is 0 Å². The normalized spacial score (nSPS) is 27.7. The second kappa shape index (κ2) is 2.84. The standard InChI is InChI=1S/C11H16N2O2/c1-6-5-7(12-13(6)4)8-9(10(14)15)11(8,2)3/h5,8-9H,1-4H3,(H,14,15). The molecule has 1 aromatic heterocycles. The zero-order valence-electron chi connectivity index (χ0n) is 9.48. The highest BCUT2D eigenvalue weighted by Gasteiger charge is 2.63. The van der Waals surface area contributed by atoms with Gasteiger partial charge in [0.1, 0.15) is 0 Å². The third-order valence-electron chi connectivity index (χ3n) is 3.54. The molecule has 0 bridgehead atoms. The molecule has 1 aromatic rings. The number of carbonyl (C=O) groups is 1. The molecule has 0 spiro atoms. The highest BCUT2D eigenvalue weighted by molar-refractivity contribution is 5.77. The van der Waals surface area contributed by atoms with E-state index in [0.717, 1.165) is 11.4 Å². The van der Waals surface area contributed by atoms with E-state index in [-0.39, 0.29) is 17.3 Å². The first kappa shape index (κ1) is 10.2. The van der Waals surface area contributed by atoms with Gasteiger partial charge < -0.3 is 5.11 Å². The van der Waals surface area contributed by atoms with Gasteiger partial charge in [-0.15, -0.1) is 0 Å². The van der Waals surface area contributed by atoms with Crippen LogP contribution in [0.3, 0.4) is 0 Å². The molecule has 1 saturated carbocycles. The van der Waals surface area contributed by atoms with Crippen molar-refractivity contribution < 1.29 is 9.90 Å². The van der Waals surface area contributed by atoms with Crippen LogP contribution in [-0.2, 0) is 11.8 Å². The molecular weight excluding hydrogens is 192 g/mol. The van der Waals surface area contributed by atoms with Crippen LogP contribution in [0, 0.1) is 18.3 Å². The number of aryl methyl sites for hydroxylation is 2. The van der Waals surface area contributed by atoms with Crippen molar-refractivity contribution >= 4 is 5.97 Å². The van der Waals surface area contributed by atoms with Gasteiger partial charge in [0.15, 0.2) is 0 Å². The Labute approximate surface area is 88.9 Å². The molecule has 15 heavy (non-hydrogen) atoms. The first-order valence-corrected chi connectivity index (χ1v) is 5.09. The molecule has 4 nitrogen and oxygen atoms in total. The molecule has 1 aliphatic carbocycles. The lowest BCUT2D eigenvalue weighted by atomic mass is 10.1. The summed E-state index contributed by atoms with van der Waals surface area (Å²) in [6, 6.07) is 1.98. The maximum Gasteiger partial charge on any atom is 0.307 e. The third-order valence-corrected chi connectivity index (χ3v) is 3.54. The lowest BCUT2D eigenvalue weighted by Gasteiger charge is -1.97. The summed E-state index contributed by atoms with van der Waals surface area (Å²) in [6.45, 7) is 5.95. The van der Waals surface area contributed by atoms with Crippen LogP contribution in [0.1, 0.15) is 31.2 Å². The van der Waals surface area contributed by atoms with E-state index < -0.39 is 5.97 Å². The number of carboxylic acid groups (broad SMARTS) is 1. The van der Waals surface area contributed by atoms with Crippen LogP contribution in [0.2, 0.25) is 0 Å². The Bertz CT molecular complexity index is 401. The zero-order valence-corrected chi connectivity index (χ0v) is 9.48. The van der Waals surface area contributed by atoms with E-state index in [0.29, 0.717) is 0 Å². The number of aromatic nitrogens is 2. The zero-order chi connectivity index (χ0) is 11.4. The van der Waals surface area contributed by atoms with Crippen LogP contribution < -0.4 is 0 Å². The van der Waals surface area contributed by atoms with Crippen molar-refractivity contribution in [2.75, 3.05) is 0 Å². The molecule has 0 saturated heterocycles. The fourth-order valence-electron chi connectivity index (χ4n) is 2.39. The number of hydrogen-bond acceptors (Lipinski definition) is 2. The molecule has 1 aliphatic rings. The van der Waals surface area contributed by atoms with Crippen LogP contribution in [0.5, 0.6) is 0 Å². The van der Waals surface area contributed by atoms with Crippen molar-refractivity contribution in [1.82, 2.24) is 9.78 Å². The summed E-state index contributed by atoms with van der Waals surface area (Å²) in [6.07, 6.45) is 0. The second-order valence-corrected chi connectivity index (χ2v) is 4.95. The van der Waals surface area contributed by atoms with Gasteiger partial charge in [-0.25, -0.2) is 0 Å². The average molecular weight is 208 g/mol. The van der Waals surface area contributed by atoms with Crippen molar-refractivity contribution in [3.63, 3.8) is 0 Å². The van der Waals surface area contributed by atoms with Gasteiger partial charge in [-0.05, 0) is 18.4 Å². The Morgan fingerprint density at radius 2 is 2.20 bits per heavy atom. The predicted octanol–water partition coefficient (Wildman–Crippen LogP) is 1.55. The summed E-state index contributed by atoms with van der Waals surface area (Å²) in [4.78, 5) is 11.0. The number of aliphatic carboxylic acids is 1. The molecule has 82 valence electrons. The van der Waals surface area contributed by atoms with Gasteiger partial charge in [-0.3, -0.25) is 9.48 Å². The third kappa shape index (κ3) is 1.35. The van der Waals surface area contributed by atoms with Crippen molar-refractivity contribution in [1.29, 1.82) is 0 Å². The smallest absolute Gasteiger partial charge is 0.307 e. The Morgan fingerprint density at radius 1 is 1.60 bits per heavy atom. The predicted molar refractivity (Wildman–Crippen MR) is 55.6 cm³/mol. The summed E-state index contributed by atoms with van der Waals surface area (Å²) >= 11 is 0. The molecule has 0 aliphatic heterocycles. The number of rotatable bonds is 2. The van der Waals surface area contributed by atoms with Crippen molar-refractivity contribution in [2.24, 2.45) is 18.4 Å². The van der Waals surface area contributed by atoms with Crippen LogP contribution in [-0.4, -0.2) is 20.9 Å². The topological polar surface area (TPSA) is 55.1 Å². The van der Waals surface area contributed by atoms with Gasteiger partial charge in [-0.2, -0.15) is 5.10 Å². The summed E-state index contributed by atoms with van der Waals surface area (Å²) in [7, 11) is 1.88. The van der Waals surface area contributed by atoms with Gasteiger partial charge >= 0.3 is 5.97 Å². The number of nitrogens with zero attached hydrogens (tertiary/aromatic N) is 2. The first-order chi connectivity index (χ1) is 6.85. The molecule has 2 atom stereocenters. The number of carboxylic acids is 1. The summed E-state index contributed by atoms with van der Waals surface area (Å²) in [5.41, 5.74) is 1.82. The molecular formula is C11H16N2O2. The molecule has 1 heterocycles. The monoisotopic (exact) mass is 208 g/mol. The minimum Gasteiger partial charge on any atom is -0.481 e. The largest absolute Gasteiger partial charge is 0.481 e. The fraction of sp³-hybridized carbons (Fsp3) is 0.636. The maximum atomic E-state index is 11.0. The minimum absolute atomic E-state index is 0.0647. The molecule has 1 fully saturated rings. The fourth-order valence-corrected chi connectivity index (χ4v) is 2.39. The Hall–Kier alpha value is -1.32. The van der Waals surface area contributed by atoms with E-state index in [1.54, 1.807) is 4.68 Å². The molecule has 1 N–H and O–H groups in total. The quantitative estimate of drug-likeness (QED) is 0.802. The van der Waals surface area contributed by atoms with Crippen molar-refractivity contribution in [3.8, 4) is 0 Å². The Balaban J connectivity index is 2.31. The summed E-state index contributed by atoms with van der Waals surface area (Å²) in [5.74, 6) is -0.935. The Kier molecular flexibility index (Phi) is 1.93. The summed E-state index contributed by atoms with van der Waals surface area (Å²) in [5, 5.41) is 13.4. The van der Waals surface area contributed by atoms with Gasteiger partial charge in [0.25, 0.3) is 0 Å². The van der Waals surface area contributed by atoms with E-state index in [4.69, 9.17) is 5.11 Å². The van der Waals surface area contributed by atoms with Gasteiger partial charge in [0, 0.05) is 18.7 Å². The van der Waals surface area contributed by atoms with E-state index in [9.17, 15) is 4.79 Å². The van der Waals surface area contributed by atoms with Gasteiger partial charge in [-0.1, -0.05) is 13.8 Å². The molecule has 2 rings (SSSR count). The van der Waals surface area contributed by atoms with Crippen molar-refractivity contribution in [2.45, 2.75) is 26.7 Å². The molecule has 0 aromatic carbocycles. The summed E-state index contributed by atoms with van der Waals surface area (Å²) < 4.78 is 1.79. The molecule has 0 amide bonds. The van der Waals surface area contributed by atoms with Gasteiger partial charge in [0.05, 0.1) is 11.6 Å². The van der Waals surface area contributed by atoms with Crippen LogP contribution >= 0.6 is 0 Å². The minimum atomic E-state index is -0.715. The van der Waals surface area contributed by atoms with E-state index in [1.807, 2.05) is 33.9 Å². The molecule has 0 radical (unpaired) electrons. The van der Waals surface area contributed by atoms with Crippen molar-refractivity contribution in [3.05, 3.63) is 17.5 Å². The highest BCUT2D eigenvalue weighted by atomic mass is 16.4.